The Bertz CT molecular complexity index is 886. The minimum atomic E-state index is -4.48. The van der Waals surface area contributed by atoms with Crippen LogP contribution in [0.15, 0.2) is 71.7 Å². The average molecular weight is 316 g/mol. The summed E-state index contributed by atoms with van der Waals surface area (Å²) in [5, 5.41) is 0. The molecule has 0 aliphatic carbocycles. The van der Waals surface area contributed by atoms with E-state index in [1.807, 2.05) is 0 Å². The van der Waals surface area contributed by atoms with E-state index in [1.165, 1.54) is 29.0 Å². The Morgan fingerprint density at radius 3 is 2.35 bits per heavy atom. The van der Waals surface area contributed by atoms with Gasteiger partial charge < -0.3 is 0 Å². The van der Waals surface area contributed by atoms with Gasteiger partial charge in [-0.05, 0) is 18.2 Å². The van der Waals surface area contributed by atoms with Gasteiger partial charge in [-0.15, -0.1) is 0 Å². The van der Waals surface area contributed by atoms with Gasteiger partial charge in [-0.1, -0.05) is 36.4 Å². The summed E-state index contributed by atoms with van der Waals surface area (Å²) in [5.74, 6) is 0.289. The van der Waals surface area contributed by atoms with E-state index in [4.69, 9.17) is 0 Å². The Balaban J connectivity index is 2.24. The van der Waals surface area contributed by atoms with Crippen molar-refractivity contribution in [3.05, 3.63) is 82.8 Å². The molecule has 0 unspecified atom stereocenters. The molecule has 0 fully saturated rings. The first-order chi connectivity index (χ1) is 11.0. The highest BCUT2D eigenvalue weighted by molar-refractivity contribution is 5.58. The molecule has 1 heterocycles. The summed E-state index contributed by atoms with van der Waals surface area (Å²) in [5.41, 5.74) is -0.498. The summed E-state index contributed by atoms with van der Waals surface area (Å²) >= 11 is 0. The molecule has 0 atom stereocenters. The van der Waals surface area contributed by atoms with E-state index >= 15 is 0 Å². The Morgan fingerprint density at radius 2 is 1.65 bits per heavy atom. The van der Waals surface area contributed by atoms with Crippen molar-refractivity contribution in [1.29, 1.82) is 0 Å². The van der Waals surface area contributed by atoms with Gasteiger partial charge in [-0.3, -0.25) is 9.36 Å². The Labute approximate surface area is 129 Å². The molecular formula is C17H11F3N2O. The summed E-state index contributed by atoms with van der Waals surface area (Å²) in [7, 11) is 0. The van der Waals surface area contributed by atoms with Crippen LogP contribution in [0.4, 0.5) is 13.2 Å². The summed E-state index contributed by atoms with van der Waals surface area (Å²) < 4.78 is 39.9. The van der Waals surface area contributed by atoms with E-state index < -0.39 is 17.3 Å². The molecule has 0 radical (unpaired) electrons. The lowest BCUT2D eigenvalue weighted by Gasteiger charge is -2.13. The second kappa shape index (κ2) is 5.72. The van der Waals surface area contributed by atoms with Gasteiger partial charge in [-0.25, -0.2) is 4.98 Å². The standard InChI is InChI=1S/C17H11F3N2O/c18-17(19,20)13-7-4-8-14(11-13)22-15(23)9-10-21-16(22)12-5-2-1-3-6-12/h1-11H. The Hall–Kier alpha value is -2.89. The lowest BCUT2D eigenvalue weighted by Crippen LogP contribution is -2.20. The van der Waals surface area contributed by atoms with Crippen LogP contribution in [0.5, 0.6) is 0 Å². The van der Waals surface area contributed by atoms with Crippen molar-refractivity contribution in [1.82, 2.24) is 9.55 Å². The van der Waals surface area contributed by atoms with E-state index in [0.29, 0.717) is 5.56 Å². The van der Waals surface area contributed by atoms with E-state index in [1.54, 1.807) is 30.3 Å². The van der Waals surface area contributed by atoms with E-state index in [-0.39, 0.29) is 11.5 Å². The monoisotopic (exact) mass is 316 g/mol. The third kappa shape index (κ3) is 3.01. The van der Waals surface area contributed by atoms with Gasteiger partial charge in [0.15, 0.2) is 0 Å². The molecule has 0 saturated heterocycles. The van der Waals surface area contributed by atoms with Crippen molar-refractivity contribution in [3.8, 4) is 17.1 Å². The maximum atomic E-state index is 12.9. The molecule has 6 heteroatoms. The summed E-state index contributed by atoms with van der Waals surface area (Å²) in [6, 6.07) is 14.7. The quantitative estimate of drug-likeness (QED) is 0.718. The molecule has 3 rings (SSSR count). The molecule has 0 spiro atoms. The lowest BCUT2D eigenvalue weighted by molar-refractivity contribution is -0.137. The van der Waals surface area contributed by atoms with Gasteiger partial charge in [0.1, 0.15) is 5.82 Å². The van der Waals surface area contributed by atoms with Gasteiger partial charge in [0.2, 0.25) is 0 Å². The van der Waals surface area contributed by atoms with Gasteiger partial charge in [0.05, 0.1) is 11.3 Å². The molecule has 116 valence electrons. The maximum Gasteiger partial charge on any atom is 0.416 e. The molecule has 2 aromatic carbocycles. The number of benzene rings is 2. The number of rotatable bonds is 2. The minimum Gasteiger partial charge on any atom is -0.269 e. The van der Waals surface area contributed by atoms with Crippen LogP contribution in [0.25, 0.3) is 17.1 Å². The molecule has 0 bridgehead atoms. The highest BCUT2D eigenvalue weighted by Gasteiger charge is 2.30. The number of aromatic nitrogens is 2. The fourth-order valence-corrected chi connectivity index (χ4v) is 2.27. The van der Waals surface area contributed by atoms with Crippen LogP contribution >= 0.6 is 0 Å². The molecule has 0 aliphatic rings. The Morgan fingerprint density at radius 1 is 0.913 bits per heavy atom. The molecule has 23 heavy (non-hydrogen) atoms. The first kappa shape index (κ1) is 15.0. The minimum absolute atomic E-state index is 0.122. The van der Waals surface area contributed by atoms with Gasteiger partial charge in [0, 0.05) is 17.8 Å². The fourth-order valence-electron chi connectivity index (χ4n) is 2.27. The van der Waals surface area contributed by atoms with Crippen LogP contribution in [0.3, 0.4) is 0 Å². The van der Waals surface area contributed by atoms with Crippen LogP contribution in [0, 0.1) is 0 Å². The maximum absolute atomic E-state index is 12.9. The molecule has 0 N–H and O–H groups in total. The number of alkyl halides is 3. The third-order valence-corrected chi connectivity index (χ3v) is 3.31. The van der Waals surface area contributed by atoms with Crippen molar-refractivity contribution in [2.75, 3.05) is 0 Å². The largest absolute Gasteiger partial charge is 0.416 e. The molecule has 3 aromatic rings. The van der Waals surface area contributed by atoms with Crippen molar-refractivity contribution >= 4 is 0 Å². The molecule has 3 nitrogen and oxygen atoms in total. The average Bonchev–Trinajstić information content (AvgIpc) is 2.55. The summed E-state index contributed by atoms with van der Waals surface area (Å²) in [6.45, 7) is 0. The van der Waals surface area contributed by atoms with Crippen LogP contribution in [0.1, 0.15) is 5.56 Å². The summed E-state index contributed by atoms with van der Waals surface area (Å²) in [6.07, 6.45) is -3.14. The topological polar surface area (TPSA) is 34.9 Å². The predicted molar refractivity (Wildman–Crippen MR) is 80.3 cm³/mol. The van der Waals surface area contributed by atoms with Crippen LogP contribution < -0.4 is 5.56 Å². The second-order valence-corrected chi connectivity index (χ2v) is 4.86. The van der Waals surface area contributed by atoms with E-state index in [9.17, 15) is 18.0 Å². The number of nitrogens with zero attached hydrogens (tertiary/aromatic N) is 2. The second-order valence-electron chi connectivity index (χ2n) is 4.86. The predicted octanol–water partition coefficient (Wildman–Crippen LogP) is 3.92. The first-order valence-electron chi connectivity index (χ1n) is 6.78. The van der Waals surface area contributed by atoms with Crippen molar-refractivity contribution in [3.63, 3.8) is 0 Å². The van der Waals surface area contributed by atoms with Gasteiger partial charge in [0.25, 0.3) is 5.56 Å². The SMILES string of the molecule is O=c1ccnc(-c2ccccc2)n1-c1cccc(C(F)(F)F)c1. The number of hydrogen-bond donors (Lipinski definition) is 0. The molecular weight excluding hydrogens is 305 g/mol. The lowest BCUT2D eigenvalue weighted by atomic mass is 10.1. The fraction of sp³-hybridized carbons (Fsp3) is 0.0588. The third-order valence-electron chi connectivity index (χ3n) is 3.31. The highest BCUT2D eigenvalue weighted by Crippen LogP contribution is 2.30. The summed E-state index contributed by atoms with van der Waals surface area (Å²) in [4.78, 5) is 16.4. The van der Waals surface area contributed by atoms with Gasteiger partial charge in [-0.2, -0.15) is 13.2 Å². The number of halogens is 3. The molecule has 0 aliphatic heterocycles. The number of hydrogen-bond acceptors (Lipinski definition) is 2. The zero-order valence-electron chi connectivity index (χ0n) is 11.8. The molecule has 1 aromatic heterocycles. The van der Waals surface area contributed by atoms with Crippen molar-refractivity contribution < 1.29 is 13.2 Å². The molecule has 0 amide bonds. The van der Waals surface area contributed by atoms with E-state index in [2.05, 4.69) is 4.98 Å². The van der Waals surface area contributed by atoms with E-state index in [0.717, 1.165) is 12.1 Å². The molecule has 0 saturated carbocycles. The Kier molecular flexibility index (Phi) is 3.73. The highest BCUT2D eigenvalue weighted by atomic mass is 19.4. The van der Waals surface area contributed by atoms with Crippen molar-refractivity contribution in [2.45, 2.75) is 6.18 Å². The zero-order valence-corrected chi connectivity index (χ0v) is 11.8. The van der Waals surface area contributed by atoms with Crippen molar-refractivity contribution in [2.24, 2.45) is 0 Å². The smallest absolute Gasteiger partial charge is 0.269 e. The van der Waals surface area contributed by atoms with Crippen LogP contribution in [-0.2, 0) is 6.18 Å². The first-order valence-corrected chi connectivity index (χ1v) is 6.78. The van der Waals surface area contributed by atoms with Gasteiger partial charge >= 0.3 is 6.18 Å². The van der Waals surface area contributed by atoms with Crippen LogP contribution in [0.2, 0.25) is 0 Å². The van der Waals surface area contributed by atoms with Crippen LogP contribution in [-0.4, -0.2) is 9.55 Å². The normalized spacial score (nSPS) is 11.4. The zero-order chi connectivity index (χ0) is 16.4.